The lowest BCUT2D eigenvalue weighted by molar-refractivity contribution is -0.123. The number of nitrogens with zero attached hydrogens (tertiary/aromatic N) is 2. The van der Waals surface area contributed by atoms with E-state index in [4.69, 9.17) is 0 Å². The first-order valence-electron chi connectivity index (χ1n) is 6.53. The molecular weight excluding hydrogens is 303 g/mol. The molecule has 0 spiro atoms. The Morgan fingerprint density at radius 3 is 2.45 bits per heavy atom. The fourth-order valence-electron chi connectivity index (χ4n) is 2.02. The van der Waals surface area contributed by atoms with Gasteiger partial charge in [-0.1, -0.05) is 12.1 Å². The van der Waals surface area contributed by atoms with Crippen LogP contribution in [0.5, 0.6) is 0 Å². The molecule has 0 unspecified atom stereocenters. The summed E-state index contributed by atoms with van der Waals surface area (Å²) in [6.45, 7) is 0.138. The minimum absolute atomic E-state index is 0.138. The van der Waals surface area contributed by atoms with Gasteiger partial charge < -0.3 is 0 Å². The Labute approximate surface area is 130 Å². The SMILES string of the molecule is O=C1S/C(=C\c2ccncc2)C(=O)N1Cc1ccc(F)cc1. The van der Waals surface area contributed by atoms with Crippen LogP contribution in [0.3, 0.4) is 0 Å². The van der Waals surface area contributed by atoms with Gasteiger partial charge in [0.05, 0.1) is 11.4 Å². The van der Waals surface area contributed by atoms with E-state index in [1.807, 2.05) is 0 Å². The van der Waals surface area contributed by atoms with Crippen molar-refractivity contribution < 1.29 is 14.0 Å². The van der Waals surface area contributed by atoms with E-state index in [-0.39, 0.29) is 23.5 Å². The van der Waals surface area contributed by atoms with Crippen LogP contribution in [0.2, 0.25) is 0 Å². The summed E-state index contributed by atoms with van der Waals surface area (Å²) in [7, 11) is 0. The molecule has 4 nitrogen and oxygen atoms in total. The van der Waals surface area contributed by atoms with Crippen LogP contribution in [0.1, 0.15) is 11.1 Å². The van der Waals surface area contributed by atoms with E-state index in [1.54, 1.807) is 42.7 Å². The number of halogens is 1. The maximum atomic E-state index is 12.9. The highest BCUT2D eigenvalue weighted by molar-refractivity contribution is 8.18. The van der Waals surface area contributed by atoms with Crippen molar-refractivity contribution in [1.29, 1.82) is 0 Å². The maximum Gasteiger partial charge on any atom is 0.293 e. The average Bonchev–Trinajstić information content (AvgIpc) is 2.78. The second-order valence-corrected chi connectivity index (χ2v) is 5.67. The molecule has 6 heteroatoms. The van der Waals surface area contributed by atoms with Gasteiger partial charge in [0.25, 0.3) is 11.1 Å². The molecule has 1 aromatic heterocycles. The summed E-state index contributed by atoms with van der Waals surface area (Å²) in [6, 6.07) is 9.25. The van der Waals surface area contributed by atoms with E-state index in [0.717, 1.165) is 22.2 Å². The van der Waals surface area contributed by atoms with Gasteiger partial charge in [-0.3, -0.25) is 19.5 Å². The highest BCUT2D eigenvalue weighted by atomic mass is 32.2. The van der Waals surface area contributed by atoms with Crippen LogP contribution in [0, 0.1) is 5.82 Å². The van der Waals surface area contributed by atoms with Gasteiger partial charge in [0.15, 0.2) is 0 Å². The molecule has 2 heterocycles. The van der Waals surface area contributed by atoms with Crippen molar-refractivity contribution in [1.82, 2.24) is 9.88 Å². The summed E-state index contributed by atoms with van der Waals surface area (Å²) >= 11 is 0.903. The van der Waals surface area contributed by atoms with Gasteiger partial charge in [-0.25, -0.2) is 4.39 Å². The van der Waals surface area contributed by atoms with Crippen molar-refractivity contribution in [3.05, 3.63) is 70.6 Å². The van der Waals surface area contributed by atoms with Crippen molar-refractivity contribution in [2.24, 2.45) is 0 Å². The standard InChI is InChI=1S/C16H11FN2O2S/c17-13-3-1-12(2-4-13)10-19-15(20)14(22-16(19)21)9-11-5-7-18-8-6-11/h1-9H,10H2/b14-9-. The third-order valence-electron chi connectivity index (χ3n) is 3.13. The highest BCUT2D eigenvalue weighted by Gasteiger charge is 2.34. The number of carbonyl (C=O) groups is 2. The van der Waals surface area contributed by atoms with Gasteiger partial charge >= 0.3 is 0 Å². The number of hydrogen-bond acceptors (Lipinski definition) is 4. The average molecular weight is 314 g/mol. The Balaban J connectivity index is 1.80. The number of rotatable bonds is 3. The number of benzene rings is 1. The van der Waals surface area contributed by atoms with E-state index < -0.39 is 0 Å². The first-order valence-corrected chi connectivity index (χ1v) is 7.35. The van der Waals surface area contributed by atoms with Crippen molar-refractivity contribution in [3.63, 3.8) is 0 Å². The lowest BCUT2D eigenvalue weighted by Crippen LogP contribution is -2.27. The molecule has 0 aliphatic carbocycles. The summed E-state index contributed by atoms with van der Waals surface area (Å²) < 4.78 is 12.9. The van der Waals surface area contributed by atoms with Gasteiger partial charge in [0.2, 0.25) is 0 Å². The molecule has 0 N–H and O–H groups in total. The number of thioether (sulfide) groups is 1. The number of amides is 2. The zero-order valence-electron chi connectivity index (χ0n) is 11.4. The van der Waals surface area contributed by atoms with Crippen molar-refractivity contribution in [2.75, 3.05) is 0 Å². The number of imide groups is 1. The Bertz CT molecular complexity index is 745. The molecule has 0 atom stereocenters. The number of hydrogen-bond donors (Lipinski definition) is 0. The smallest absolute Gasteiger partial charge is 0.268 e. The molecule has 2 aromatic rings. The zero-order valence-corrected chi connectivity index (χ0v) is 12.2. The Kier molecular flexibility index (Phi) is 4.02. The van der Waals surface area contributed by atoms with E-state index in [9.17, 15) is 14.0 Å². The Morgan fingerprint density at radius 1 is 1.09 bits per heavy atom. The summed E-state index contributed by atoms with van der Waals surface area (Å²) in [6.07, 6.45) is 4.90. The molecule has 1 aliphatic heterocycles. The topological polar surface area (TPSA) is 50.3 Å². The van der Waals surface area contributed by atoms with Crippen molar-refractivity contribution in [3.8, 4) is 0 Å². The second kappa shape index (κ2) is 6.11. The number of carbonyl (C=O) groups excluding carboxylic acids is 2. The quantitative estimate of drug-likeness (QED) is 0.814. The monoisotopic (exact) mass is 314 g/mol. The third kappa shape index (κ3) is 3.07. The summed E-state index contributed by atoms with van der Waals surface area (Å²) in [5, 5.41) is -0.324. The molecule has 110 valence electrons. The summed E-state index contributed by atoms with van der Waals surface area (Å²) in [5.74, 6) is -0.688. The normalized spacial score (nSPS) is 16.6. The lowest BCUT2D eigenvalue weighted by atomic mass is 10.2. The first-order chi connectivity index (χ1) is 10.6. The first kappa shape index (κ1) is 14.5. The highest BCUT2D eigenvalue weighted by Crippen LogP contribution is 2.33. The van der Waals surface area contributed by atoms with Crippen LogP contribution in [0.25, 0.3) is 6.08 Å². The third-order valence-corrected chi connectivity index (χ3v) is 4.04. The Hall–Kier alpha value is -2.47. The van der Waals surface area contributed by atoms with Crippen molar-refractivity contribution in [2.45, 2.75) is 6.54 Å². The second-order valence-electron chi connectivity index (χ2n) is 4.67. The largest absolute Gasteiger partial charge is 0.293 e. The number of aromatic nitrogens is 1. The molecule has 3 rings (SSSR count). The van der Waals surface area contributed by atoms with E-state index in [0.29, 0.717) is 10.5 Å². The minimum Gasteiger partial charge on any atom is -0.268 e. The van der Waals surface area contributed by atoms with Crippen LogP contribution in [0.4, 0.5) is 9.18 Å². The van der Waals surface area contributed by atoms with Crippen LogP contribution in [-0.2, 0) is 11.3 Å². The molecule has 0 saturated carbocycles. The fourth-order valence-corrected chi connectivity index (χ4v) is 2.86. The molecule has 1 aromatic carbocycles. The van der Waals surface area contributed by atoms with Crippen LogP contribution >= 0.6 is 11.8 Å². The maximum absolute atomic E-state index is 12.9. The van der Waals surface area contributed by atoms with Crippen LogP contribution in [0.15, 0.2) is 53.7 Å². The zero-order chi connectivity index (χ0) is 15.5. The Morgan fingerprint density at radius 2 is 1.77 bits per heavy atom. The molecule has 1 saturated heterocycles. The molecule has 0 bridgehead atoms. The summed E-state index contributed by atoms with van der Waals surface area (Å²) in [5.41, 5.74) is 1.51. The van der Waals surface area contributed by atoms with Gasteiger partial charge in [-0.05, 0) is 53.2 Å². The lowest BCUT2D eigenvalue weighted by Gasteiger charge is -2.12. The predicted octanol–water partition coefficient (Wildman–Crippen LogP) is 3.46. The molecule has 22 heavy (non-hydrogen) atoms. The van der Waals surface area contributed by atoms with E-state index in [1.165, 1.54) is 12.1 Å². The van der Waals surface area contributed by atoms with E-state index >= 15 is 0 Å². The molecule has 1 fully saturated rings. The fraction of sp³-hybridized carbons (Fsp3) is 0.0625. The summed E-state index contributed by atoms with van der Waals surface area (Å²) in [4.78, 5) is 29.7. The van der Waals surface area contributed by atoms with Crippen LogP contribution < -0.4 is 0 Å². The van der Waals surface area contributed by atoms with Gasteiger partial charge in [0, 0.05) is 12.4 Å². The van der Waals surface area contributed by atoms with E-state index in [2.05, 4.69) is 4.98 Å². The molecule has 0 radical (unpaired) electrons. The molecule has 2 amide bonds. The van der Waals surface area contributed by atoms with Crippen molar-refractivity contribution >= 4 is 29.0 Å². The van der Waals surface area contributed by atoms with Gasteiger partial charge in [0.1, 0.15) is 5.82 Å². The predicted molar refractivity (Wildman–Crippen MR) is 82.2 cm³/mol. The van der Waals surface area contributed by atoms with Gasteiger partial charge in [-0.2, -0.15) is 0 Å². The number of pyridine rings is 1. The van der Waals surface area contributed by atoms with Crippen LogP contribution in [-0.4, -0.2) is 21.0 Å². The van der Waals surface area contributed by atoms with Gasteiger partial charge in [-0.15, -0.1) is 0 Å². The molecular formula is C16H11FN2O2S. The molecule has 1 aliphatic rings. The minimum atomic E-state index is -0.351.